The van der Waals surface area contributed by atoms with Crippen LogP contribution in [0.2, 0.25) is 0 Å². The third-order valence-corrected chi connectivity index (χ3v) is 3.69. The Balaban J connectivity index is 1.75. The van der Waals surface area contributed by atoms with E-state index in [-0.39, 0.29) is 0 Å². The van der Waals surface area contributed by atoms with Crippen LogP contribution in [-0.4, -0.2) is 52.5 Å². The fourth-order valence-corrected chi connectivity index (χ4v) is 2.63. The van der Waals surface area contributed by atoms with Crippen molar-refractivity contribution in [3.8, 4) is 0 Å². The van der Waals surface area contributed by atoms with Gasteiger partial charge < -0.3 is 19.9 Å². The van der Waals surface area contributed by atoms with Gasteiger partial charge in [0.15, 0.2) is 0 Å². The van der Waals surface area contributed by atoms with Crippen molar-refractivity contribution in [2.75, 3.05) is 62.3 Å². The van der Waals surface area contributed by atoms with Crippen molar-refractivity contribution in [1.82, 2.24) is 5.32 Å². The van der Waals surface area contributed by atoms with Crippen LogP contribution in [0.5, 0.6) is 0 Å². The normalized spacial score (nSPS) is 21.1. The van der Waals surface area contributed by atoms with Gasteiger partial charge in [0.05, 0.1) is 13.2 Å². The smallest absolute Gasteiger partial charge is 0.0642 e. The van der Waals surface area contributed by atoms with Gasteiger partial charge in [-0.3, -0.25) is 0 Å². The minimum absolute atomic E-state index is 0.845. The number of piperazine rings is 1. The van der Waals surface area contributed by atoms with Gasteiger partial charge in [0.2, 0.25) is 0 Å². The summed E-state index contributed by atoms with van der Waals surface area (Å²) in [5.74, 6) is 0. The topological polar surface area (TPSA) is 27.7 Å². The Morgan fingerprint density at radius 2 is 1.50 bits per heavy atom. The van der Waals surface area contributed by atoms with E-state index >= 15 is 0 Å². The van der Waals surface area contributed by atoms with Crippen LogP contribution in [0.4, 0.5) is 11.4 Å². The molecular formula is C14H21N3O. The van der Waals surface area contributed by atoms with E-state index in [0.717, 1.165) is 52.5 Å². The monoisotopic (exact) mass is 247 g/mol. The molecule has 0 aromatic heterocycles. The largest absolute Gasteiger partial charge is 0.378 e. The van der Waals surface area contributed by atoms with Crippen LogP contribution in [0.3, 0.4) is 0 Å². The van der Waals surface area contributed by atoms with Gasteiger partial charge in [-0.25, -0.2) is 0 Å². The number of nitrogens with zero attached hydrogens (tertiary/aromatic N) is 2. The SMILES string of the molecule is c1cc(N2CCNCC2)cc(N2CCOCC2)c1. The maximum atomic E-state index is 5.41. The zero-order valence-corrected chi connectivity index (χ0v) is 10.8. The second kappa shape index (κ2) is 5.59. The molecule has 0 saturated carbocycles. The first-order chi connectivity index (χ1) is 8.93. The fourth-order valence-electron chi connectivity index (χ4n) is 2.63. The molecule has 0 spiro atoms. The molecule has 2 aliphatic rings. The van der Waals surface area contributed by atoms with Crippen LogP contribution in [0, 0.1) is 0 Å². The Morgan fingerprint density at radius 3 is 2.17 bits per heavy atom. The number of benzene rings is 1. The van der Waals surface area contributed by atoms with E-state index in [1.165, 1.54) is 11.4 Å². The van der Waals surface area contributed by atoms with E-state index in [1.54, 1.807) is 0 Å². The molecule has 0 atom stereocenters. The van der Waals surface area contributed by atoms with Gasteiger partial charge in [-0.05, 0) is 18.2 Å². The van der Waals surface area contributed by atoms with Crippen LogP contribution in [0.1, 0.15) is 0 Å². The van der Waals surface area contributed by atoms with Crippen molar-refractivity contribution in [2.45, 2.75) is 0 Å². The van der Waals surface area contributed by atoms with Gasteiger partial charge in [-0.2, -0.15) is 0 Å². The highest BCUT2D eigenvalue weighted by molar-refractivity contribution is 5.59. The van der Waals surface area contributed by atoms with Gasteiger partial charge in [-0.1, -0.05) is 6.07 Å². The first-order valence-corrected chi connectivity index (χ1v) is 6.82. The van der Waals surface area contributed by atoms with E-state index in [0.29, 0.717) is 0 Å². The Morgan fingerprint density at radius 1 is 0.889 bits per heavy atom. The van der Waals surface area contributed by atoms with Crippen LogP contribution in [-0.2, 0) is 4.74 Å². The van der Waals surface area contributed by atoms with Gasteiger partial charge >= 0.3 is 0 Å². The quantitative estimate of drug-likeness (QED) is 0.841. The zero-order chi connectivity index (χ0) is 12.2. The lowest BCUT2D eigenvalue weighted by atomic mass is 10.2. The van der Waals surface area contributed by atoms with Crippen LogP contribution in [0.15, 0.2) is 24.3 Å². The van der Waals surface area contributed by atoms with E-state index in [2.05, 4.69) is 39.4 Å². The van der Waals surface area contributed by atoms with Crippen molar-refractivity contribution in [2.24, 2.45) is 0 Å². The van der Waals surface area contributed by atoms with E-state index < -0.39 is 0 Å². The summed E-state index contributed by atoms with van der Waals surface area (Å²) in [6.07, 6.45) is 0. The van der Waals surface area contributed by atoms with Crippen molar-refractivity contribution in [1.29, 1.82) is 0 Å². The Hall–Kier alpha value is -1.26. The predicted molar refractivity (Wildman–Crippen MR) is 74.6 cm³/mol. The lowest BCUT2D eigenvalue weighted by Gasteiger charge is -2.32. The zero-order valence-electron chi connectivity index (χ0n) is 10.8. The summed E-state index contributed by atoms with van der Waals surface area (Å²) in [5.41, 5.74) is 2.68. The molecule has 1 N–H and O–H groups in total. The second-order valence-electron chi connectivity index (χ2n) is 4.86. The number of anilines is 2. The van der Waals surface area contributed by atoms with E-state index in [9.17, 15) is 0 Å². The molecule has 2 saturated heterocycles. The molecule has 0 unspecified atom stereocenters. The maximum absolute atomic E-state index is 5.41. The first kappa shape index (κ1) is 11.8. The first-order valence-electron chi connectivity index (χ1n) is 6.82. The maximum Gasteiger partial charge on any atom is 0.0642 e. The summed E-state index contributed by atoms with van der Waals surface area (Å²) in [4.78, 5) is 4.87. The molecule has 2 heterocycles. The molecule has 2 aliphatic heterocycles. The average molecular weight is 247 g/mol. The standard InChI is InChI=1S/C14H21N3O/c1-2-13(16-6-4-15-5-7-16)12-14(3-1)17-8-10-18-11-9-17/h1-3,12,15H,4-11H2. The van der Waals surface area contributed by atoms with Crippen LogP contribution in [0.25, 0.3) is 0 Å². The summed E-state index contributed by atoms with van der Waals surface area (Å²) >= 11 is 0. The molecule has 0 bridgehead atoms. The predicted octanol–water partition coefficient (Wildman–Crippen LogP) is 0.933. The molecule has 2 fully saturated rings. The van der Waals surface area contributed by atoms with Gasteiger partial charge in [0, 0.05) is 50.6 Å². The van der Waals surface area contributed by atoms with E-state index in [1.807, 2.05) is 0 Å². The Labute approximate surface area is 109 Å². The summed E-state index contributed by atoms with van der Waals surface area (Å²) in [6.45, 7) is 8.08. The highest BCUT2D eigenvalue weighted by Gasteiger charge is 2.14. The summed E-state index contributed by atoms with van der Waals surface area (Å²) in [6, 6.07) is 8.91. The summed E-state index contributed by atoms with van der Waals surface area (Å²) in [5, 5.41) is 3.39. The molecule has 98 valence electrons. The Bertz CT molecular complexity index is 351. The molecule has 0 amide bonds. The van der Waals surface area contributed by atoms with Crippen molar-refractivity contribution >= 4 is 11.4 Å². The van der Waals surface area contributed by atoms with Crippen LogP contribution < -0.4 is 15.1 Å². The third kappa shape index (κ3) is 2.60. The number of ether oxygens (including phenoxy) is 1. The number of hydrogen-bond acceptors (Lipinski definition) is 4. The molecule has 4 nitrogen and oxygen atoms in total. The van der Waals surface area contributed by atoms with Crippen molar-refractivity contribution in [3.63, 3.8) is 0 Å². The Kier molecular flexibility index (Phi) is 3.67. The molecular weight excluding hydrogens is 226 g/mol. The lowest BCUT2D eigenvalue weighted by molar-refractivity contribution is 0.122. The highest BCUT2D eigenvalue weighted by Crippen LogP contribution is 2.23. The highest BCUT2D eigenvalue weighted by atomic mass is 16.5. The second-order valence-corrected chi connectivity index (χ2v) is 4.86. The fraction of sp³-hybridized carbons (Fsp3) is 0.571. The summed E-state index contributed by atoms with van der Waals surface area (Å²) < 4.78 is 5.41. The van der Waals surface area contributed by atoms with Gasteiger partial charge in [0.1, 0.15) is 0 Å². The number of nitrogens with one attached hydrogen (secondary N) is 1. The molecule has 18 heavy (non-hydrogen) atoms. The molecule has 1 aromatic carbocycles. The van der Waals surface area contributed by atoms with Crippen molar-refractivity contribution in [3.05, 3.63) is 24.3 Å². The van der Waals surface area contributed by atoms with Gasteiger partial charge in [-0.15, -0.1) is 0 Å². The number of rotatable bonds is 2. The van der Waals surface area contributed by atoms with Gasteiger partial charge in [0.25, 0.3) is 0 Å². The van der Waals surface area contributed by atoms with Crippen LogP contribution >= 0.6 is 0 Å². The van der Waals surface area contributed by atoms with E-state index in [4.69, 9.17) is 4.74 Å². The molecule has 1 aromatic rings. The lowest BCUT2D eigenvalue weighted by Crippen LogP contribution is -2.43. The number of morpholine rings is 1. The molecule has 3 rings (SSSR count). The minimum Gasteiger partial charge on any atom is -0.378 e. The molecule has 0 aliphatic carbocycles. The third-order valence-electron chi connectivity index (χ3n) is 3.69. The van der Waals surface area contributed by atoms with Crippen molar-refractivity contribution < 1.29 is 4.74 Å². The molecule has 4 heteroatoms. The summed E-state index contributed by atoms with van der Waals surface area (Å²) in [7, 11) is 0. The molecule has 0 radical (unpaired) electrons. The average Bonchev–Trinajstić information content (AvgIpc) is 2.49. The minimum atomic E-state index is 0.845. The number of hydrogen-bond donors (Lipinski definition) is 1.